The van der Waals surface area contributed by atoms with Gasteiger partial charge in [0.25, 0.3) is 0 Å². The van der Waals surface area contributed by atoms with E-state index < -0.39 is 0 Å². The summed E-state index contributed by atoms with van der Waals surface area (Å²) in [6.45, 7) is 4.78. The average molecular weight is 651 g/mol. The minimum atomic E-state index is -0.126. The molecule has 0 bridgehead atoms. The first-order valence-electron chi connectivity index (χ1n) is 17.9. The van der Waals surface area contributed by atoms with Crippen molar-refractivity contribution >= 4 is 54.4 Å². The molecule has 0 radical (unpaired) electrons. The van der Waals surface area contributed by atoms with Crippen molar-refractivity contribution in [3.05, 3.63) is 181 Å². The molecule has 0 N–H and O–H groups in total. The van der Waals surface area contributed by atoms with Crippen LogP contribution in [0.15, 0.2) is 170 Å². The van der Waals surface area contributed by atoms with E-state index in [0.29, 0.717) is 0 Å². The summed E-state index contributed by atoms with van der Waals surface area (Å²) in [5, 5.41) is 7.61. The lowest BCUT2D eigenvalue weighted by Gasteiger charge is -2.23. The Balaban J connectivity index is 1.14. The molecule has 0 saturated heterocycles. The minimum absolute atomic E-state index is 0.126. The fraction of sp³-hybridized carbons (Fsp3) is 0.0612. The predicted octanol–water partition coefficient (Wildman–Crippen LogP) is 13.0. The molecule has 1 aliphatic rings. The van der Waals surface area contributed by atoms with E-state index in [0.717, 1.165) is 0 Å². The Morgan fingerprint density at radius 2 is 1.04 bits per heavy atom. The zero-order valence-corrected chi connectivity index (χ0v) is 28.6. The molecule has 0 saturated carbocycles. The van der Waals surface area contributed by atoms with Crippen LogP contribution in [-0.2, 0) is 5.41 Å². The third kappa shape index (κ3) is 3.93. The van der Waals surface area contributed by atoms with Crippen LogP contribution in [0, 0.1) is 0 Å². The first-order valence-corrected chi connectivity index (χ1v) is 17.9. The highest BCUT2D eigenvalue weighted by Crippen LogP contribution is 2.53. The van der Waals surface area contributed by atoms with Crippen LogP contribution in [0.2, 0.25) is 0 Å². The van der Waals surface area contributed by atoms with E-state index in [1.54, 1.807) is 0 Å². The fourth-order valence-electron chi connectivity index (χ4n) is 9.13. The third-order valence-electron chi connectivity index (χ3n) is 11.5. The molecular formula is C49H34N2. The standard InChI is InChI=1S/C49H34N2/c1-49(2)43-18-10-8-16-37(43)39-24-25-40-42-30-34(22-27-46(42)51(48(40)47(39)49)35-14-4-3-5-15-35)33-21-26-45-41(29-33)38-17-9-11-19-44(38)50(45)36-23-20-31-12-6-7-13-32(31)28-36/h3-30H,1-2H3. The number of hydrogen-bond donors (Lipinski definition) is 0. The van der Waals surface area contributed by atoms with E-state index >= 15 is 0 Å². The highest BCUT2D eigenvalue weighted by Gasteiger charge is 2.38. The predicted molar refractivity (Wildman–Crippen MR) is 216 cm³/mol. The summed E-state index contributed by atoms with van der Waals surface area (Å²) in [6, 6.07) is 62.8. The lowest BCUT2D eigenvalue weighted by Crippen LogP contribution is -2.16. The van der Waals surface area contributed by atoms with Gasteiger partial charge >= 0.3 is 0 Å². The highest BCUT2D eigenvalue weighted by atomic mass is 15.0. The Kier molecular flexibility index (Phi) is 5.76. The highest BCUT2D eigenvalue weighted by molar-refractivity contribution is 6.15. The topological polar surface area (TPSA) is 9.86 Å². The van der Waals surface area contributed by atoms with E-state index in [1.807, 2.05) is 0 Å². The maximum absolute atomic E-state index is 2.50. The summed E-state index contributed by atoms with van der Waals surface area (Å²) in [7, 11) is 0. The van der Waals surface area contributed by atoms with E-state index in [-0.39, 0.29) is 5.41 Å². The minimum Gasteiger partial charge on any atom is -0.309 e. The van der Waals surface area contributed by atoms with Gasteiger partial charge in [0, 0.05) is 38.3 Å². The van der Waals surface area contributed by atoms with Crippen LogP contribution in [0.3, 0.4) is 0 Å². The van der Waals surface area contributed by atoms with Gasteiger partial charge in [-0.2, -0.15) is 0 Å². The molecule has 0 aliphatic heterocycles. The maximum Gasteiger partial charge on any atom is 0.0588 e. The van der Waals surface area contributed by atoms with Gasteiger partial charge in [-0.25, -0.2) is 0 Å². The summed E-state index contributed by atoms with van der Waals surface area (Å²) in [4.78, 5) is 0. The molecule has 1 aliphatic carbocycles. The van der Waals surface area contributed by atoms with E-state index in [1.165, 1.54) is 99.1 Å². The van der Waals surface area contributed by atoms with Gasteiger partial charge in [0.2, 0.25) is 0 Å². The summed E-state index contributed by atoms with van der Waals surface area (Å²) in [5.74, 6) is 0. The van der Waals surface area contributed by atoms with Crippen LogP contribution in [0.1, 0.15) is 25.0 Å². The van der Waals surface area contributed by atoms with Gasteiger partial charge in [0.15, 0.2) is 0 Å². The number of hydrogen-bond acceptors (Lipinski definition) is 0. The van der Waals surface area contributed by atoms with Crippen molar-refractivity contribution in [2.45, 2.75) is 19.3 Å². The van der Waals surface area contributed by atoms with Crippen molar-refractivity contribution in [3.63, 3.8) is 0 Å². The van der Waals surface area contributed by atoms with E-state index in [9.17, 15) is 0 Å². The molecule has 240 valence electrons. The third-order valence-corrected chi connectivity index (χ3v) is 11.5. The molecule has 8 aromatic carbocycles. The molecule has 10 aromatic rings. The quantitative estimate of drug-likeness (QED) is 0.180. The normalized spacial score (nSPS) is 13.5. The van der Waals surface area contributed by atoms with Gasteiger partial charge in [-0.1, -0.05) is 129 Å². The molecule has 11 rings (SSSR count). The average Bonchev–Trinajstić information content (AvgIpc) is 3.77. The molecule has 0 amide bonds. The van der Waals surface area contributed by atoms with Gasteiger partial charge in [-0.05, 0) is 98.8 Å². The van der Waals surface area contributed by atoms with Gasteiger partial charge in [0.05, 0.1) is 22.1 Å². The first-order chi connectivity index (χ1) is 25.1. The fourth-order valence-corrected chi connectivity index (χ4v) is 9.13. The van der Waals surface area contributed by atoms with Gasteiger partial charge < -0.3 is 9.13 Å². The maximum atomic E-state index is 2.50. The number of nitrogens with zero attached hydrogens (tertiary/aromatic N) is 2. The summed E-state index contributed by atoms with van der Waals surface area (Å²) < 4.78 is 4.92. The smallest absolute Gasteiger partial charge is 0.0588 e. The van der Waals surface area contributed by atoms with Crippen molar-refractivity contribution in [2.75, 3.05) is 0 Å². The second-order valence-corrected chi connectivity index (χ2v) is 14.6. The Morgan fingerprint density at radius 3 is 1.86 bits per heavy atom. The molecule has 0 unspecified atom stereocenters. The van der Waals surface area contributed by atoms with E-state index in [2.05, 4.69) is 193 Å². The number of para-hydroxylation sites is 2. The van der Waals surface area contributed by atoms with Crippen LogP contribution < -0.4 is 0 Å². The number of benzene rings is 8. The Bertz CT molecular complexity index is 3040. The lowest BCUT2D eigenvalue weighted by atomic mass is 9.81. The number of rotatable bonds is 3. The van der Waals surface area contributed by atoms with Crippen LogP contribution in [0.5, 0.6) is 0 Å². The second kappa shape index (κ2) is 10.3. The summed E-state index contributed by atoms with van der Waals surface area (Å²) >= 11 is 0. The molecule has 2 aromatic heterocycles. The Hall–Kier alpha value is -6.38. The van der Waals surface area contributed by atoms with Gasteiger partial charge in [0.1, 0.15) is 0 Å². The molecule has 2 heterocycles. The first kappa shape index (κ1) is 28.5. The monoisotopic (exact) mass is 650 g/mol. The van der Waals surface area contributed by atoms with Gasteiger partial charge in [-0.15, -0.1) is 0 Å². The number of aromatic nitrogens is 2. The Labute approximate surface area is 296 Å². The van der Waals surface area contributed by atoms with Crippen LogP contribution in [-0.4, -0.2) is 9.13 Å². The van der Waals surface area contributed by atoms with Crippen molar-refractivity contribution in [1.29, 1.82) is 0 Å². The molecule has 2 heteroatoms. The molecule has 51 heavy (non-hydrogen) atoms. The number of fused-ring (bicyclic) bond motifs is 11. The van der Waals surface area contributed by atoms with Gasteiger partial charge in [-0.3, -0.25) is 0 Å². The second-order valence-electron chi connectivity index (χ2n) is 14.6. The molecule has 0 spiro atoms. The zero-order valence-electron chi connectivity index (χ0n) is 28.6. The molecule has 0 atom stereocenters. The lowest BCUT2D eigenvalue weighted by molar-refractivity contribution is 0.664. The largest absolute Gasteiger partial charge is 0.309 e. The summed E-state index contributed by atoms with van der Waals surface area (Å²) in [6.07, 6.45) is 0. The van der Waals surface area contributed by atoms with Crippen molar-refractivity contribution in [1.82, 2.24) is 9.13 Å². The molecular weight excluding hydrogens is 617 g/mol. The van der Waals surface area contributed by atoms with Crippen molar-refractivity contribution < 1.29 is 0 Å². The van der Waals surface area contributed by atoms with Crippen molar-refractivity contribution in [3.8, 4) is 33.6 Å². The Morgan fingerprint density at radius 1 is 0.392 bits per heavy atom. The van der Waals surface area contributed by atoms with E-state index in [4.69, 9.17) is 0 Å². The van der Waals surface area contributed by atoms with Crippen LogP contribution in [0.4, 0.5) is 0 Å². The van der Waals surface area contributed by atoms with Crippen LogP contribution >= 0.6 is 0 Å². The van der Waals surface area contributed by atoms with Crippen molar-refractivity contribution in [2.24, 2.45) is 0 Å². The SMILES string of the molecule is CC1(C)c2ccccc2-c2ccc3c4cc(-c5ccc6c(c5)c5ccccc5n6-c5ccc6ccccc6c5)ccc4n(-c4ccccc4)c3c21. The zero-order chi connectivity index (χ0) is 33.8. The van der Waals surface area contributed by atoms with Crippen LogP contribution in [0.25, 0.3) is 88.0 Å². The summed E-state index contributed by atoms with van der Waals surface area (Å²) in [5.41, 5.74) is 15.2. The molecule has 0 fully saturated rings. The molecule has 2 nitrogen and oxygen atoms in total.